The summed E-state index contributed by atoms with van der Waals surface area (Å²) in [5.74, 6) is 0.451. The Morgan fingerprint density at radius 3 is 2.85 bits per heavy atom. The fraction of sp³-hybridized carbons (Fsp3) is 0.250. The molecule has 3 N–H and O–H groups in total. The monoisotopic (exact) mass is 313 g/mol. The molecule has 0 amide bonds. The molecule has 8 heteroatoms. The number of hydrogen-bond donors (Lipinski definition) is 2. The van der Waals surface area contributed by atoms with Gasteiger partial charge in [0.15, 0.2) is 0 Å². The molecule has 108 valence electrons. The normalized spacial score (nSPS) is 11.4. The summed E-state index contributed by atoms with van der Waals surface area (Å²) in [5.41, 5.74) is 6.00. The molecule has 0 spiro atoms. The molecule has 0 bridgehead atoms. The molecule has 1 aromatic carbocycles. The number of aromatic nitrogens is 1. The maximum Gasteiger partial charge on any atom is 0.240 e. The fourth-order valence-corrected chi connectivity index (χ4v) is 3.32. The van der Waals surface area contributed by atoms with Crippen molar-refractivity contribution in [3.05, 3.63) is 34.8 Å². The molecule has 1 aromatic heterocycles. The standard InChI is InChI=1S/C12H15N3O3S2/c1-18-11-3-2-9(8-10(11)13)20(16,17)15-5-4-12-14-6-7-19-12/h2-3,6-8,15H,4-5,13H2,1H3. The van der Waals surface area contributed by atoms with E-state index in [0.29, 0.717) is 18.7 Å². The van der Waals surface area contributed by atoms with Gasteiger partial charge in [-0.1, -0.05) is 0 Å². The van der Waals surface area contributed by atoms with Crippen LogP contribution in [0.25, 0.3) is 0 Å². The minimum absolute atomic E-state index is 0.120. The Labute approximate surface area is 121 Å². The van der Waals surface area contributed by atoms with Gasteiger partial charge in [0.2, 0.25) is 10.0 Å². The number of rotatable bonds is 6. The molecule has 20 heavy (non-hydrogen) atoms. The number of nitrogens with zero attached hydrogens (tertiary/aromatic N) is 1. The van der Waals surface area contributed by atoms with E-state index >= 15 is 0 Å². The van der Waals surface area contributed by atoms with E-state index < -0.39 is 10.0 Å². The van der Waals surface area contributed by atoms with Gasteiger partial charge in [0.05, 0.1) is 22.7 Å². The van der Waals surface area contributed by atoms with Crippen molar-refractivity contribution in [2.75, 3.05) is 19.4 Å². The third kappa shape index (κ3) is 3.47. The Balaban J connectivity index is 2.04. The lowest BCUT2D eigenvalue weighted by Gasteiger charge is -2.09. The van der Waals surface area contributed by atoms with Crippen LogP contribution in [-0.4, -0.2) is 27.1 Å². The predicted octanol–water partition coefficient (Wildman–Crippen LogP) is 1.25. The van der Waals surface area contributed by atoms with E-state index in [0.717, 1.165) is 5.01 Å². The lowest BCUT2D eigenvalue weighted by Crippen LogP contribution is -2.26. The van der Waals surface area contributed by atoms with Crippen molar-refractivity contribution in [3.63, 3.8) is 0 Å². The second-order valence-electron chi connectivity index (χ2n) is 3.98. The minimum Gasteiger partial charge on any atom is -0.495 e. The SMILES string of the molecule is COc1ccc(S(=O)(=O)NCCc2nccs2)cc1N. The van der Waals surface area contributed by atoms with E-state index in [1.165, 1.54) is 36.6 Å². The number of sulfonamides is 1. The summed E-state index contributed by atoms with van der Waals surface area (Å²) in [4.78, 5) is 4.21. The van der Waals surface area contributed by atoms with E-state index in [4.69, 9.17) is 10.5 Å². The first-order chi connectivity index (χ1) is 9.53. The fourth-order valence-electron chi connectivity index (χ4n) is 1.63. The first-order valence-corrected chi connectivity index (χ1v) is 8.21. The summed E-state index contributed by atoms with van der Waals surface area (Å²) in [5, 5.41) is 2.75. The van der Waals surface area contributed by atoms with Crippen molar-refractivity contribution < 1.29 is 13.2 Å². The van der Waals surface area contributed by atoms with Crippen LogP contribution in [0.1, 0.15) is 5.01 Å². The number of nitrogens with two attached hydrogens (primary N) is 1. The zero-order chi connectivity index (χ0) is 14.6. The van der Waals surface area contributed by atoms with Crippen molar-refractivity contribution in [3.8, 4) is 5.75 Å². The van der Waals surface area contributed by atoms with Crippen molar-refractivity contribution >= 4 is 27.0 Å². The molecule has 0 radical (unpaired) electrons. The van der Waals surface area contributed by atoms with Crippen molar-refractivity contribution in [2.24, 2.45) is 0 Å². The van der Waals surface area contributed by atoms with E-state index in [-0.39, 0.29) is 10.6 Å². The Hall–Kier alpha value is -1.64. The number of nitrogen functional groups attached to an aromatic ring is 1. The maximum absolute atomic E-state index is 12.1. The Morgan fingerprint density at radius 2 is 2.25 bits per heavy atom. The van der Waals surface area contributed by atoms with Crippen LogP contribution in [-0.2, 0) is 16.4 Å². The van der Waals surface area contributed by atoms with Crippen LogP contribution < -0.4 is 15.2 Å². The predicted molar refractivity (Wildman–Crippen MR) is 78.4 cm³/mol. The lowest BCUT2D eigenvalue weighted by molar-refractivity contribution is 0.416. The van der Waals surface area contributed by atoms with E-state index in [9.17, 15) is 8.42 Å². The van der Waals surface area contributed by atoms with E-state index in [1.54, 1.807) is 6.20 Å². The van der Waals surface area contributed by atoms with Crippen molar-refractivity contribution in [1.82, 2.24) is 9.71 Å². The summed E-state index contributed by atoms with van der Waals surface area (Å²) in [7, 11) is -2.09. The summed E-state index contributed by atoms with van der Waals surface area (Å²) in [6.07, 6.45) is 2.25. The molecule has 0 unspecified atom stereocenters. The summed E-state index contributed by atoms with van der Waals surface area (Å²) >= 11 is 1.49. The molecule has 0 fully saturated rings. The molecular formula is C12H15N3O3S2. The topological polar surface area (TPSA) is 94.3 Å². The van der Waals surface area contributed by atoms with Crippen LogP contribution in [0.15, 0.2) is 34.7 Å². The minimum atomic E-state index is -3.57. The third-order valence-corrected chi connectivity index (χ3v) is 4.92. The highest BCUT2D eigenvalue weighted by Crippen LogP contribution is 2.24. The third-order valence-electron chi connectivity index (χ3n) is 2.63. The number of hydrogen-bond acceptors (Lipinski definition) is 6. The number of anilines is 1. The molecule has 2 rings (SSSR count). The Bertz CT molecular complexity index is 669. The van der Waals surface area contributed by atoms with Crippen LogP contribution in [0.3, 0.4) is 0 Å². The smallest absolute Gasteiger partial charge is 0.240 e. The van der Waals surface area contributed by atoms with E-state index in [2.05, 4.69) is 9.71 Å². The van der Waals surface area contributed by atoms with Gasteiger partial charge in [-0.05, 0) is 18.2 Å². The van der Waals surface area contributed by atoms with Gasteiger partial charge in [0, 0.05) is 24.5 Å². The largest absolute Gasteiger partial charge is 0.495 e. The van der Waals surface area contributed by atoms with Crippen LogP contribution in [0, 0.1) is 0 Å². The quantitative estimate of drug-likeness (QED) is 0.783. The first-order valence-electron chi connectivity index (χ1n) is 5.84. The van der Waals surface area contributed by atoms with Gasteiger partial charge < -0.3 is 10.5 Å². The molecule has 2 aromatic rings. The van der Waals surface area contributed by atoms with Crippen LogP contribution in [0.5, 0.6) is 5.75 Å². The van der Waals surface area contributed by atoms with Crippen LogP contribution in [0.2, 0.25) is 0 Å². The van der Waals surface area contributed by atoms with Crippen molar-refractivity contribution in [1.29, 1.82) is 0 Å². The lowest BCUT2D eigenvalue weighted by atomic mass is 10.3. The second kappa shape index (κ2) is 6.21. The molecule has 0 aliphatic rings. The summed E-state index contributed by atoms with van der Waals surface area (Å²) in [6, 6.07) is 4.37. The number of benzene rings is 1. The molecule has 0 aliphatic carbocycles. The zero-order valence-corrected chi connectivity index (χ0v) is 12.5. The van der Waals surface area contributed by atoms with E-state index in [1.807, 2.05) is 5.38 Å². The van der Waals surface area contributed by atoms with Gasteiger partial charge in [-0.25, -0.2) is 18.1 Å². The Morgan fingerprint density at radius 1 is 1.45 bits per heavy atom. The molecule has 6 nitrogen and oxygen atoms in total. The molecular weight excluding hydrogens is 298 g/mol. The highest BCUT2D eigenvalue weighted by Gasteiger charge is 2.15. The Kier molecular flexibility index (Phi) is 4.58. The van der Waals surface area contributed by atoms with Gasteiger partial charge in [0.1, 0.15) is 5.75 Å². The van der Waals surface area contributed by atoms with Gasteiger partial charge in [-0.3, -0.25) is 0 Å². The van der Waals surface area contributed by atoms with Crippen LogP contribution in [0.4, 0.5) is 5.69 Å². The summed E-state index contributed by atoms with van der Waals surface area (Å²) < 4.78 is 31.7. The van der Waals surface area contributed by atoms with Crippen molar-refractivity contribution in [2.45, 2.75) is 11.3 Å². The maximum atomic E-state index is 12.1. The number of ether oxygens (including phenoxy) is 1. The van der Waals surface area contributed by atoms with Gasteiger partial charge in [-0.15, -0.1) is 11.3 Å². The highest BCUT2D eigenvalue weighted by atomic mass is 32.2. The van der Waals surface area contributed by atoms with Gasteiger partial charge in [0.25, 0.3) is 0 Å². The first kappa shape index (κ1) is 14.8. The van der Waals surface area contributed by atoms with Crippen LogP contribution >= 0.6 is 11.3 Å². The number of methoxy groups -OCH3 is 1. The van der Waals surface area contributed by atoms with Gasteiger partial charge in [-0.2, -0.15) is 0 Å². The zero-order valence-electron chi connectivity index (χ0n) is 10.9. The number of thiazole rings is 1. The summed E-state index contributed by atoms with van der Waals surface area (Å²) in [6.45, 7) is 0.293. The highest BCUT2D eigenvalue weighted by molar-refractivity contribution is 7.89. The second-order valence-corrected chi connectivity index (χ2v) is 6.72. The average molecular weight is 313 g/mol. The molecule has 1 heterocycles. The molecule has 0 saturated carbocycles. The number of nitrogens with one attached hydrogen (secondary N) is 1. The average Bonchev–Trinajstić information content (AvgIpc) is 2.91. The molecule has 0 atom stereocenters. The molecule has 0 aliphatic heterocycles. The van der Waals surface area contributed by atoms with Gasteiger partial charge >= 0.3 is 0 Å². The molecule has 0 saturated heterocycles.